The summed E-state index contributed by atoms with van der Waals surface area (Å²) in [5, 5.41) is 15.2. The predicted molar refractivity (Wildman–Crippen MR) is 109 cm³/mol. The quantitative estimate of drug-likeness (QED) is 0.548. The molecule has 0 amide bonds. The number of halogens is 1. The molecule has 0 fully saturated rings. The van der Waals surface area contributed by atoms with Crippen LogP contribution in [0.5, 0.6) is 11.5 Å². The lowest BCUT2D eigenvalue weighted by atomic mass is 10.1. The molecule has 1 N–H and O–H groups in total. The number of rotatable bonds is 9. The highest BCUT2D eigenvalue weighted by atomic mass is 35.5. The van der Waals surface area contributed by atoms with Gasteiger partial charge in [0.05, 0.1) is 18.7 Å². The van der Waals surface area contributed by atoms with Crippen LogP contribution in [0.3, 0.4) is 0 Å². The predicted octanol–water partition coefficient (Wildman–Crippen LogP) is 4.02. The topological polar surface area (TPSA) is 74.1 Å². The van der Waals surface area contributed by atoms with Gasteiger partial charge in [-0.05, 0) is 40.6 Å². The molecule has 1 aromatic heterocycles. The SMILES string of the molecule is C=CCn1nnnc1NCc1cc(Cl)c(OCc2ccc(C)cc2)c(OC)c1. The van der Waals surface area contributed by atoms with E-state index < -0.39 is 0 Å². The molecule has 3 rings (SSSR count). The largest absolute Gasteiger partial charge is 0.493 e. The molecule has 0 saturated heterocycles. The van der Waals surface area contributed by atoms with E-state index >= 15 is 0 Å². The monoisotopic (exact) mass is 399 g/mol. The van der Waals surface area contributed by atoms with E-state index in [1.165, 1.54) is 5.56 Å². The minimum atomic E-state index is 0.407. The second kappa shape index (κ2) is 9.23. The first-order chi connectivity index (χ1) is 13.6. The molecule has 0 saturated carbocycles. The lowest BCUT2D eigenvalue weighted by Crippen LogP contribution is -2.08. The zero-order valence-electron chi connectivity index (χ0n) is 15.9. The Morgan fingerprint density at radius 2 is 2.00 bits per heavy atom. The number of nitrogens with one attached hydrogen (secondary N) is 1. The molecular formula is C20H22ClN5O2. The highest BCUT2D eigenvalue weighted by Crippen LogP contribution is 2.37. The molecule has 2 aromatic carbocycles. The van der Waals surface area contributed by atoms with Crippen molar-refractivity contribution < 1.29 is 9.47 Å². The number of ether oxygens (including phenoxy) is 2. The van der Waals surface area contributed by atoms with Crippen LogP contribution in [0.15, 0.2) is 49.1 Å². The Kier molecular flexibility index (Phi) is 6.49. The van der Waals surface area contributed by atoms with Crippen molar-refractivity contribution in [2.45, 2.75) is 26.6 Å². The smallest absolute Gasteiger partial charge is 0.243 e. The van der Waals surface area contributed by atoms with Crippen LogP contribution in [0.25, 0.3) is 0 Å². The zero-order chi connectivity index (χ0) is 19.9. The minimum absolute atomic E-state index is 0.407. The fourth-order valence-corrected chi connectivity index (χ4v) is 2.90. The van der Waals surface area contributed by atoms with Crippen LogP contribution in [0, 0.1) is 6.92 Å². The second-order valence-corrected chi connectivity index (χ2v) is 6.62. The van der Waals surface area contributed by atoms with Gasteiger partial charge in [-0.3, -0.25) is 0 Å². The van der Waals surface area contributed by atoms with Gasteiger partial charge in [0.2, 0.25) is 5.95 Å². The summed E-state index contributed by atoms with van der Waals surface area (Å²) >= 11 is 6.45. The van der Waals surface area contributed by atoms with Gasteiger partial charge < -0.3 is 14.8 Å². The third-order valence-corrected chi connectivity index (χ3v) is 4.36. The summed E-state index contributed by atoms with van der Waals surface area (Å²) in [4.78, 5) is 0. The standard InChI is InChI=1S/C20H22ClN5O2/c1-4-9-26-20(23-24-25-26)22-12-16-10-17(21)19(18(11-16)27-3)28-13-15-7-5-14(2)6-8-15/h4-8,10-11H,1,9,12-13H2,2-3H3,(H,22,23,25). The van der Waals surface area contributed by atoms with Crippen LogP contribution in [-0.2, 0) is 19.7 Å². The van der Waals surface area contributed by atoms with Crippen molar-refractivity contribution in [1.29, 1.82) is 0 Å². The molecule has 7 nitrogen and oxygen atoms in total. The molecule has 28 heavy (non-hydrogen) atoms. The molecule has 0 aliphatic rings. The van der Waals surface area contributed by atoms with Crippen LogP contribution in [0.2, 0.25) is 5.02 Å². The summed E-state index contributed by atoms with van der Waals surface area (Å²) in [5.74, 6) is 1.64. The van der Waals surface area contributed by atoms with E-state index in [0.29, 0.717) is 42.2 Å². The fourth-order valence-electron chi connectivity index (χ4n) is 2.61. The van der Waals surface area contributed by atoms with E-state index in [-0.39, 0.29) is 0 Å². The molecule has 0 unspecified atom stereocenters. The van der Waals surface area contributed by atoms with Crippen molar-refractivity contribution in [3.05, 3.63) is 70.8 Å². The minimum Gasteiger partial charge on any atom is -0.493 e. The number of tetrazole rings is 1. The molecule has 3 aromatic rings. The first kappa shape index (κ1) is 19.7. The number of aryl methyl sites for hydroxylation is 1. The van der Waals surface area contributed by atoms with Crippen molar-refractivity contribution in [2.75, 3.05) is 12.4 Å². The lowest BCUT2D eigenvalue weighted by molar-refractivity contribution is 0.284. The summed E-state index contributed by atoms with van der Waals surface area (Å²) in [6.07, 6.45) is 1.72. The van der Waals surface area contributed by atoms with Gasteiger partial charge in [0.1, 0.15) is 6.61 Å². The Balaban J connectivity index is 1.70. The number of hydrogen-bond acceptors (Lipinski definition) is 6. The summed E-state index contributed by atoms with van der Waals surface area (Å²) in [5.41, 5.74) is 3.18. The molecule has 0 aliphatic heterocycles. The fraction of sp³-hybridized carbons (Fsp3) is 0.250. The molecule has 1 heterocycles. The number of anilines is 1. The van der Waals surface area contributed by atoms with E-state index in [1.807, 2.05) is 43.3 Å². The lowest BCUT2D eigenvalue weighted by Gasteiger charge is -2.15. The van der Waals surface area contributed by atoms with E-state index in [4.69, 9.17) is 21.1 Å². The Bertz CT molecular complexity index is 940. The van der Waals surface area contributed by atoms with Gasteiger partial charge in [0.15, 0.2) is 11.5 Å². The zero-order valence-corrected chi connectivity index (χ0v) is 16.6. The normalized spacial score (nSPS) is 10.5. The van der Waals surface area contributed by atoms with Crippen molar-refractivity contribution in [2.24, 2.45) is 0 Å². The molecule has 146 valence electrons. The van der Waals surface area contributed by atoms with Crippen molar-refractivity contribution in [1.82, 2.24) is 20.2 Å². The number of benzene rings is 2. The molecule has 0 spiro atoms. The molecule has 0 radical (unpaired) electrons. The average molecular weight is 400 g/mol. The summed E-state index contributed by atoms with van der Waals surface area (Å²) < 4.78 is 13.0. The third kappa shape index (κ3) is 4.80. The van der Waals surface area contributed by atoms with Crippen molar-refractivity contribution >= 4 is 17.5 Å². The number of nitrogens with zero attached hydrogens (tertiary/aromatic N) is 4. The van der Waals surface area contributed by atoms with Crippen molar-refractivity contribution in [3.8, 4) is 11.5 Å². The Labute approximate surface area is 168 Å². The molecular weight excluding hydrogens is 378 g/mol. The van der Waals surface area contributed by atoms with E-state index in [0.717, 1.165) is 11.1 Å². The van der Waals surface area contributed by atoms with Crippen LogP contribution in [0.4, 0.5) is 5.95 Å². The Morgan fingerprint density at radius 3 is 2.71 bits per heavy atom. The third-order valence-electron chi connectivity index (χ3n) is 4.08. The Hall–Kier alpha value is -3.06. The second-order valence-electron chi connectivity index (χ2n) is 6.21. The van der Waals surface area contributed by atoms with Gasteiger partial charge in [0.25, 0.3) is 0 Å². The average Bonchev–Trinajstić information content (AvgIpc) is 3.14. The van der Waals surface area contributed by atoms with Gasteiger partial charge in [-0.2, -0.15) is 0 Å². The number of hydrogen-bond donors (Lipinski definition) is 1. The maximum atomic E-state index is 6.45. The first-order valence-electron chi connectivity index (χ1n) is 8.76. The van der Waals surface area contributed by atoms with Crippen LogP contribution in [-0.4, -0.2) is 27.3 Å². The maximum absolute atomic E-state index is 6.45. The van der Waals surface area contributed by atoms with Gasteiger partial charge in [-0.1, -0.05) is 52.6 Å². The summed E-state index contributed by atoms with van der Waals surface area (Å²) in [7, 11) is 1.59. The number of methoxy groups -OCH3 is 1. The van der Waals surface area contributed by atoms with E-state index in [9.17, 15) is 0 Å². The molecule has 0 atom stereocenters. The number of aromatic nitrogens is 4. The summed E-state index contributed by atoms with van der Waals surface area (Å²) in [6, 6.07) is 11.9. The van der Waals surface area contributed by atoms with Gasteiger partial charge in [-0.25, -0.2) is 4.68 Å². The highest BCUT2D eigenvalue weighted by molar-refractivity contribution is 6.32. The highest BCUT2D eigenvalue weighted by Gasteiger charge is 2.13. The van der Waals surface area contributed by atoms with E-state index in [2.05, 4.69) is 27.4 Å². The van der Waals surface area contributed by atoms with E-state index in [1.54, 1.807) is 17.9 Å². The van der Waals surface area contributed by atoms with Gasteiger partial charge in [0, 0.05) is 6.54 Å². The maximum Gasteiger partial charge on any atom is 0.243 e. The molecule has 8 heteroatoms. The summed E-state index contributed by atoms with van der Waals surface area (Å²) in [6.45, 7) is 7.14. The first-order valence-corrected chi connectivity index (χ1v) is 9.14. The van der Waals surface area contributed by atoms with Gasteiger partial charge >= 0.3 is 0 Å². The Morgan fingerprint density at radius 1 is 1.21 bits per heavy atom. The van der Waals surface area contributed by atoms with Crippen LogP contribution >= 0.6 is 11.6 Å². The molecule has 0 aliphatic carbocycles. The van der Waals surface area contributed by atoms with Gasteiger partial charge in [-0.15, -0.1) is 6.58 Å². The van der Waals surface area contributed by atoms with Crippen LogP contribution in [0.1, 0.15) is 16.7 Å². The van der Waals surface area contributed by atoms with Crippen molar-refractivity contribution in [3.63, 3.8) is 0 Å². The molecule has 0 bridgehead atoms. The number of allylic oxidation sites excluding steroid dienone is 1. The van der Waals surface area contributed by atoms with Crippen LogP contribution < -0.4 is 14.8 Å².